The Morgan fingerprint density at radius 1 is 1.21 bits per heavy atom. The van der Waals surface area contributed by atoms with Crippen LogP contribution in [-0.4, -0.2) is 37.2 Å². The Morgan fingerprint density at radius 2 is 1.93 bits per heavy atom. The number of morpholine rings is 1. The Bertz CT molecular complexity index is 1030. The Kier molecular flexibility index (Phi) is 5.80. The second-order valence-corrected chi connectivity index (χ2v) is 8.10. The van der Waals surface area contributed by atoms with Crippen LogP contribution in [0.3, 0.4) is 0 Å². The van der Waals surface area contributed by atoms with E-state index in [9.17, 15) is 9.18 Å². The van der Waals surface area contributed by atoms with Gasteiger partial charge < -0.3 is 15.0 Å². The van der Waals surface area contributed by atoms with Crippen molar-refractivity contribution >= 4 is 40.2 Å². The van der Waals surface area contributed by atoms with Gasteiger partial charge in [-0.25, -0.2) is 9.37 Å². The highest BCUT2D eigenvalue weighted by atomic mass is 35.5. The van der Waals surface area contributed by atoms with E-state index >= 15 is 0 Å². The van der Waals surface area contributed by atoms with Gasteiger partial charge in [0.15, 0.2) is 0 Å². The van der Waals surface area contributed by atoms with Crippen molar-refractivity contribution in [1.82, 2.24) is 4.98 Å². The quantitative estimate of drug-likeness (QED) is 0.631. The first-order valence-electron chi connectivity index (χ1n) is 9.18. The zero-order chi connectivity index (χ0) is 20.4. The lowest BCUT2D eigenvalue weighted by molar-refractivity contribution is 0.103. The zero-order valence-corrected chi connectivity index (χ0v) is 17.3. The first-order valence-corrected chi connectivity index (χ1v) is 10.4. The van der Waals surface area contributed by atoms with E-state index in [1.807, 2.05) is 17.0 Å². The summed E-state index contributed by atoms with van der Waals surface area (Å²) in [7, 11) is 0. The molecule has 3 aromatic rings. The summed E-state index contributed by atoms with van der Waals surface area (Å²) in [6.45, 7) is 4.25. The number of nitrogens with one attached hydrogen (secondary N) is 1. The minimum atomic E-state index is -0.368. The second kappa shape index (κ2) is 8.49. The lowest BCUT2D eigenvalue weighted by atomic mass is 10.2. The van der Waals surface area contributed by atoms with Gasteiger partial charge in [-0.15, -0.1) is 11.3 Å². The summed E-state index contributed by atoms with van der Waals surface area (Å²) in [6, 6.07) is 12.0. The second-order valence-electron chi connectivity index (χ2n) is 6.66. The van der Waals surface area contributed by atoms with Gasteiger partial charge in [0.1, 0.15) is 15.7 Å². The number of carbonyl (C=O) groups is 1. The first-order chi connectivity index (χ1) is 14.0. The van der Waals surface area contributed by atoms with Crippen LogP contribution in [-0.2, 0) is 4.74 Å². The molecule has 1 saturated heterocycles. The number of thiazole rings is 1. The maximum atomic E-state index is 14.6. The van der Waals surface area contributed by atoms with E-state index in [1.54, 1.807) is 31.2 Å². The minimum absolute atomic E-state index is 0.307. The van der Waals surface area contributed by atoms with Crippen LogP contribution >= 0.6 is 22.9 Å². The van der Waals surface area contributed by atoms with E-state index in [0.717, 1.165) is 10.6 Å². The fourth-order valence-electron chi connectivity index (χ4n) is 3.16. The smallest absolute Gasteiger partial charge is 0.267 e. The van der Waals surface area contributed by atoms with Crippen molar-refractivity contribution in [3.8, 4) is 10.6 Å². The van der Waals surface area contributed by atoms with E-state index < -0.39 is 0 Å². The molecule has 0 unspecified atom stereocenters. The van der Waals surface area contributed by atoms with Crippen molar-refractivity contribution < 1.29 is 13.9 Å². The molecule has 1 N–H and O–H groups in total. The molecule has 150 valence electrons. The van der Waals surface area contributed by atoms with E-state index in [1.165, 1.54) is 17.4 Å². The Hall–Kier alpha value is -2.48. The number of amides is 1. The number of aryl methyl sites for hydroxylation is 1. The van der Waals surface area contributed by atoms with Crippen molar-refractivity contribution in [2.75, 3.05) is 36.5 Å². The number of anilines is 2. The molecule has 0 saturated carbocycles. The number of hydrogen-bond acceptors (Lipinski definition) is 5. The predicted octanol–water partition coefficient (Wildman–Crippen LogP) is 5.00. The number of carbonyl (C=O) groups excluding carboxylic acids is 1. The molecule has 5 nitrogen and oxygen atoms in total. The molecular weight excluding hydrogens is 413 g/mol. The molecule has 1 amide bonds. The summed E-state index contributed by atoms with van der Waals surface area (Å²) in [5.41, 5.74) is 2.45. The number of nitrogens with zero attached hydrogens (tertiary/aromatic N) is 2. The molecule has 2 aromatic carbocycles. The summed E-state index contributed by atoms with van der Waals surface area (Å²) >= 11 is 7.22. The van der Waals surface area contributed by atoms with Gasteiger partial charge in [0.25, 0.3) is 5.91 Å². The largest absolute Gasteiger partial charge is 0.378 e. The summed E-state index contributed by atoms with van der Waals surface area (Å²) in [6.07, 6.45) is 0. The normalized spacial score (nSPS) is 14.1. The molecule has 2 heterocycles. The van der Waals surface area contributed by atoms with Crippen molar-refractivity contribution in [2.45, 2.75) is 6.92 Å². The van der Waals surface area contributed by atoms with E-state index in [0.29, 0.717) is 53.3 Å². The molecule has 1 aromatic heterocycles. The summed E-state index contributed by atoms with van der Waals surface area (Å²) in [4.78, 5) is 19.6. The molecule has 1 aliphatic heterocycles. The van der Waals surface area contributed by atoms with Crippen molar-refractivity contribution in [3.63, 3.8) is 0 Å². The van der Waals surface area contributed by atoms with E-state index in [4.69, 9.17) is 16.3 Å². The summed E-state index contributed by atoms with van der Waals surface area (Å²) in [5.74, 6) is -0.675. The molecule has 4 rings (SSSR count). The highest BCUT2D eigenvalue weighted by molar-refractivity contribution is 7.17. The maximum Gasteiger partial charge on any atom is 0.267 e. The van der Waals surface area contributed by atoms with Gasteiger partial charge in [-0.05, 0) is 37.3 Å². The molecule has 0 spiro atoms. The van der Waals surface area contributed by atoms with Crippen molar-refractivity contribution in [1.29, 1.82) is 0 Å². The Balaban J connectivity index is 1.50. The lowest BCUT2D eigenvalue weighted by Crippen LogP contribution is -2.36. The van der Waals surface area contributed by atoms with Crippen molar-refractivity contribution in [3.05, 3.63) is 63.9 Å². The molecule has 1 fully saturated rings. The molecule has 0 aliphatic carbocycles. The average Bonchev–Trinajstić information content (AvgIpc) is 3.11. The third-order valence-electron chi connectivity index (χ3n) is 4.65. The van der Waals surface area contributed by atoms with Crippen LogP contribution in [0.4, 0.5) is 15.8 Å². The standard InChI is InChI=1S/C21H19ClFN3O2S/c1-13-19(29-21(24-13)14-2-4-15(22)5-3-14)20(27)25-16-6-7-18(17(23)12-16)26-8-10-28-11-9-26/h2-7,12H,8-11H2,1H3,(H,25,27). The highest BCUT2D eigenvalue weighted by Gasteiger charge is 2.19. The first kappa shape index (κ1) is 19.8. The summed E-state index contributed by atoms with van der Waals surface area (Å²) < 4.78 is 19.9. The fraction of sp³-hybridized carbons (Fsp3) is 0.238. The van der Waals surface area contributed by atoms with E-state index in [-0.39, 0.29) is 11.7 Å². The van der Waals surface area contributed by atoms with Crippen LogP contribution in [0, 0.1) is 12.7 Å². The molecule has 0 bridgehead atoms. The predicted molar refractivity (Wildman–Crippen MR) is 115 cm³/mol. The molecule has 8 heteroatoms. The van der Waals surface area contributed by atoms with Crippen LogP contribution in [0.5, 0.6) is 0 Å². The van der Waals surface area contributed by atoms with Crippen LogP contribution in [0.15, 0.2) is 42.5 Å². The minimum Gasteiger partial charge on any atom is -0.378 e. The van der Waals surface area contributed by atoms with Crippen LogP contribution in [0.1, 0.15) is 15.4 Å². The number of aromatic nitrogens is 1. The van der Waals surface area contributed by atoms with Gasteiger partial charge in [0.2, 0.25) is 0 Å². The topological polar surface area (TPSA) is 54.5 Å². The van der Waals surface area contributed by atoms with Crippen molar-refractivity contribution in [2.24, 2.45) is 0 Å². The fourth-order valence-corrected chi connectivity index (χ4v) is 4.25. The van der Waals surface area contributed by atoms with Crippen LogP contribution in [0.25, 0.3) is 10.6 Å². The number of hydrogen-bond donors (Lipinski definition) is 1. The maximum absolute atomic E-state index is 14.6. The van der Waals surface area contributed by atoms with E-state index in [2.05, 4.69) is 10.3 Å². The Labute approximate surface area is 177 Å². The van der Waals surface area contributed by atoms with Gasteiger partial charge in [-0.1, -0.05) is 23.7 Å². The average molecular weight is 432 g/mol. The summed E-state index contributed by atoms with van der Waals surface area (Å²) in [5, 5.41) is 4.15. The van der Waals surface area contributed by atoms with Gasteiger partial charge in [-0.3, -0.25) is 4.79 Å². The van der Waals surface area contributed by atoms with Gasteiger partial charge in [-0.2, -0.15) is 0 Å². The van der Waals surface area contributed by atoms with Gasteiger partial charge in [0.05, 0.1) is 24.6 Å². The SMILES string of the molecule is Cc1nc(-c2ccc(Cl)cc2)sc1C(=O)Nc1ccc(N2CCOCC2)c(F)c1. The molecule has 0 atom stereocenters. The molecular formula is C21H19ClFN3O2S. The molecule has 0 radical (unpaired) electrons. The molecule has 29 heavy (non-hydrogen) atoms. The highest BCUT2D eigenvalue weighted by Crippen LogP contribution is 2.30. The monoisotopic (exact) mass is 431 g/mol. The third-order valence-corrected chi connectivity index (χ3v) is 6.11. The molecule has 1 aliphatic rings. The number of ether oxygens (including phenoxy) is 1. The van der Waals surface area contributed by atoms with Gasteiger partial charge in [0, 0.05) is 29.4 Å². The number of halogens is 2. The van der Waals surface area contributed by atoms with Gasteiger partial charge >= 0.3 is 0 Å². The van der Waals surface area contributed by atoms with Crippen LogP contribution in [0.2, 0.25) is 5.02 Å². The third kappa shape index (κ3) is 4.42. The number of rotatable bonds is 4. The number of benzene rings is 2. The van der Waals surface area contributed by atoms with Crippen LogP contribution < -0.4 is 10.2 Å². The zero-order valence-electron chi connectivity index (χ0n) is 15.7. The Morgan fingerprint density at radius 3 is 2.62 bits per heavy atom. The lowest BCUT2D eigenvalue weighted by Gasteiger charge is -2.29.